The predicted molar refractivity (Wildman–Crippen MR) is 172 cm³/mol. The number of esters is 2. The Morgan fingerprint density at radius 1 is 0.620 bits per heavy atom. The number of anilines is 1. The first-order chi connectivity index (χ1) is 23.4. The zero-order chi connectivity index (χ0) is 36.4. The molecule has 13 heteroatoms. The quantitative estimate of drug-likeness (QED) is 0.130. The average Bonchev–Trinajstić information content (AvgIpc) is 3.43. The second-order valence-electron chi connectivity index (χ2n) is 12.1. The van der Waals surface area contributed by atoms with Crippen LogP contribution in [0.3, 0.4) is 0 Å². The lowest BCUT2D eigenvalue weighted by molar-refractivity contribution is -0.173. The van der Waals surface area contributed by atoms with E-state index in [1.807, 2.05) is 0 Å². The first kappa shape index (κ1) is 33.8. The number of ether oxygens (including phenoxy) is 2. The van der Waals surface area contributed by atoms with Crippen LogP contribution in [0, 0.1) is 6.92 Å². The van der Waals surface area contributed by atoms with Crippen LogP contribution >= 0.6 is 0 Å². The number of halogens is 3. The molecular weight excluding hydrogens is 657 g/mol. The zero-order valence-corrected chi connectivity index (χ0v) is 27.2. The molecule has 1 atom stereocenters. The third-order valence-corrected chi connectivity index (χ3v) is 8.91. The number of hydrogen-bond acceptors (Lipinski definition) is 8. The molecule has 50 heavy (non-hydrogen) atoms. The van der Waals surface area contributed by atoms with Crippen molar-refractivity contribution in [3.63, 3.8) is 0 Å². The van der Waals surface area contributed by atoms with Gasteiger partial charge in [-0.25, -0.2) is 4.90 Å². The molecule has 2 heterocycles. The Hall–Kier alpha value is -6.11. The van der Waals surface area contributed by atoms with Crippen molar-refractivity contribution in [2.24, 2.45) is 0 Å². The lowest BCUT2D eigenvalue weighted by atomic mass is 9.75. The van der Waals surface area contributed by atoms with Crippen molar-refractivity contribution in [1.29, 1.82) is 0 Å². The fraction of sp³-hybridized carbons (Fsp3) is 0.189. The lowest BCUT2D eigenvalue weighted by Crippen LogP contribution is -2.41. The monoisotopic (exact) mass is 684 g/mol. The Kier molecular flexibility index (Phi) is 7.97. The van der Waals surface area contributed by atoms with Gasteiger partial charge in [0.15, 0.2) is 5.75 Å². The number of carbonyl (C=O) groups excluding carboxylic acids is 6. The van der Waals surface area contributed by atoms with E-state index in [0.29, 0.717) is 16.0 Å². The number of amides is 4. The second kappa shape index (κ2) is 11.8. The minimum absolute atomic E-state index is 0.0552. The van der Waals surface area contributed by atoms with Crippen LogP contribution in [0.4, 0.5) is 18.9 Å². The lowest BCUT2D eigenvalue weighted by Gasteiger charge is -2.34. The van der Waals surface area contributed by atoms with Crippen LogP contribution < -0.4 is 14.4 Å². The zero-order valence-electron chi connectivity index (χ0n) is 27.2. The summed E-state index contributed by atoms with van der Waals surface area (Å²) in [6.45, 7) is 4.64. The molecule has 0 bridgehead atoms. The van der Waals surface area contributed by atoms with Crippen molar-refractivity contribution >= 4 is 41.3 Å². The fourth-order valence-electron chi connectivity index (χ4n) is 6.15. The summed E-state index contributed by atoms with van der Waals surface area (Å²) in [5.41, 5.74) is -2.30. The van der Waals surface area contributed by atoms with Gasteiger partial charge in [0.2, 0.25) is 0 Å². The highest BCUT2D eigenvalue weighted by molar-refractivity contribution is 6.35. The van der Waals surface area contributed by atoms with Crippen molar-refractivity contribution in [3.05, 3.63) is 112 Å². The van der Waals surface area contributed by atoms with Crippen LogP contribution in [0.15, 0.2) is 72.8 Å². The van der Waals surface area contributed by atoms with Crippen molar-refractivity contribution in [1.82, 2.24) is 4.90 Å². The third-order valence-electron chi connectivity index (χ3n) is 8.91. The van der Waals surface area contributed by atoms with Crippen LogP contribution in [0.5, 0.6) is 11.5 Å². The topological polar surface area (TPSA) is 127 Å². The Bertz CT molecular complexity index is 2210. The second-order valence-corrected chi connectivity index (χ2v) is 12.1. The standard InChI is InChI=1S/C37H27F3N2O8/c1-18-14-23(8-12-30(18)49-19(2)43)36(4,37(38,39)40)24-9-13-31(50-20(3)44)29(17-24)42-34(47)26-11-7-22(16-28(26)35(42)48)21-6-10-25-27(15-21)33(46)41(5)32(25)45/h6-17H,1-5H3. The number of hydrogen-bond donors (Lipinski definition) is 0. The normalized spacial score (nSPS) is 15.2. The van der Waals surface area contributed by atoms with E-state index in [4.69, 9.17) is 9.47 Å². The number of fused-ring (bicyclic) bond motifs is 2. The van der Waals surface area contributed by atoms with Crippen LogP contribution in [0.1, 0.15) is 78.9 Å². The molecule has 254 valence electrons. The van der Waals surface area contributed by atoms with Gasteiger partial charge in [-0.2, -0.15) is 13.2 Å². The maximum Gasteiger partial charge on any atom is 0.402 e. The van der Waals surface area contributed by atoms with E-state index in [9.17, 15) is 28.8 Å². The molecule has 2 aliphatic heterocycles. The van der Waals surface area contributed by atoms with Gasteiger partial charge in [-0.15, -0.1) is 0 Å². The van der Waals surface area contributed by atoms with Gasteiger partial charge in [-0.05, 0) is 84.1 Å². The first-order valence-electron chi connectivity index (χ1n) is 15.1. The summed E-state index contributed by atoms with van der Waals surface area (Å²) in [5, 5.41) is 0. The van der Waals surface area contributed by atoms with Crippen LogP contribution in [0.2, 0.25) is 0 Å². The van der Waals surface area contributed by atoms with Gasteiger partial charge in [0.1, 0.15) is 11.2 Å². The molecule has 0 fully saturated rings. The molecule has 0 saturated carbocycles. The molecule has 1 unspecified atom stereocenters. The number of carbonyl (C=O) groups is 6. The summed E-state index contributed by atoms with van der Waals surface area (Å²) in [7, 11) is 1.36. The summed E-state index contributed by atoms with van der Waals surface area (Å²) in [6, 6.07) is 15.7. The molecule has 0 spiro atoms. The number of benzene rings is 4. The molecule has 10 nitrogen and oxygen atoms in total. The number of aryl methyl sites for hydroxylation is 1. The van der Waals surface area contributed by atoms with Crippen LogP contribution in [0.25, 0.3) is 11.1 Å². The fourth-order valence-corrected chi connectivity index (χ4v) is 6.15. The molecule has 4 aromatic carbocycles. The van der Waals surface area contributed by atoms with Crippen molar-refractivity contribution in [2.45, 2.75) is 39.3 Å². The largest absolute Gasteiger partial charge is 0.426 e. The highest BCUT2D eigenvalue weighted by atomic mass is 19.4. The highest BCUT2D eigenvalue weighted by Crippen LogP contribution is 2.49. The Balaban J connectivity index is 1.45. The molecule has 2 aliphatic rings. The molecule has 0 saturated heterocycles. The van der Waals surface area contributed by atoms with E-state index >= 15 is 13.2 Å². The number of alkyl halides is 3. The van der Waals surface area contributed by atoms with Crippen LogP contribution in [-0.4, -0.2) is 53.7 Å². The first-order valence-corrected chi connectivity index (χ1v) is 15.1. The molecule has 6 rings (SSSR count). The van der Waals surface area contributed by atoms with Gasteiger partial charge in [0.25, 0.3) is 23.6 Å². The van der Waals surface area contributed by atoms with E-state index in [1.54, 1.807) is 6.07 Å². The maximum absolute atomic E-state index is 15.1. The number of nitrogens with zero attached hydrogens (tertiary/aromatic N) is 2. The molecule has 0 aromatic heterocycles. The van der Waals surface area contributed by atoms with Gasteiger partial charge >= 0.3 is 18.1 Å². The van der Waals surface area contributed by atoms with E-state index in [1.165, 1.54) is 62.5 Å². The smallest absolute Gasteiger partial charge is 0.402 e. The molecule has 4 aromatic rings. The summed E-state index contributed by atoms with van der Waals surface area (Å²) in [4.78, 5) is 77.8. The molecule has 0 N–H and O–H groups in total. The van der Waals surface area contributed by atoms with Crippen molar-refractivity contribution in [2.75, 3.05) is 11.9 Å². The van der Waals surface area contributed by atoms with E-state index in [-0.39, 0.29) is 56.1 Å². The maximum atomic E-state index is 15.1. The van der Waals surface area contributed by atoms with Gasteiger partial charge in [-0.1, -0.05) is 30.3 Å². The molecule has 0 radical (unpaired) electrons. The van der Waals surface area contributed by atoms with Gasteiger partial charge < -0.3 is 9.47 Å². The molecule has 4 amide bonds. The van der Waals surface area contributed by atoms with Crippen molar-refractivity contribution < 1.29 is 51.4 Å². The van der Waals surface area contributed by atoms with Crippen LogP contribution in [-0.2, 0) is 15.0 Å². The SMILES string of the molecule is CC(=O)Oc1ccc(C(C)(c2ccc(OC(C)=O)c(N3C(=O)c4ccc(-c5ccc6c(c5)C(=O)N(C)C6=O)cc4C3=O)c2)C(F)(F)F)cc1C. The summed E-state index contributed by atoms with van der Waals surface area (Å²) < 4.78 is 55.7. The van der Waals surface area contributed by atoms with E-state index in [0.717, 1.165) is 43.9 Å². The summed E-state index contributed by atoms with van der Waals surface area (Å²) in [5.74, 6) is -4.45. The van der Waals surface area contributed by atoms with E-state index < -0.39 is 47.2 Å². The van der Waals surface area contributed by atoms with Gasteiger partial charge in [-0.3, -0.25) is 33.7 Å². The van der Waals surface area contributed by atoms with Gasteiger partial charge in [0, 0.05) is 20.9 Å². The Morgan fingerprint density at radius 2 is 1.08 bits per heavy atom. The highest BCUT2D eigenvalue weighted by Gasteiger charge is 2.54. The summed E-state index contributed by atoms with van der Waals surface area (Å²) >= 11 is 0. The van der Waals surface area contributed by atoms with E-state index in [2.05, 4.69) is 0 Å². The minimum Gasteiger partial charge on any atom is -0.426 e. The molecule has 0 aliphatic carbocycles. The molecular formula is C37H27F3N2O8. The predicted octanol–water partition coefficient (Wildman–Crippen LogP) is 6.41. The van der Waals surface area contributed by atoms with Crippen molar-refractivity contribution in [3.8, 4) is 22.6 Å². The minimum atomic E-state index is -4.92. The third kappa shape index (κ3) is 5.31. The van der Waals surface area contributed by atoms with Gasteiger partial charge in [0.05, 0.1) is 27.9 Å². The Labute approximate surface area is 283 Å². The Morgan fingerprint density at radius 3 is 1.62 bits per heavy atom. The average molecular weight is 685 g/mol. The summed E-state index contributed by atoms with van der Waals surface area (Å²) in [6.07, 6.45) is -4.92. The number of rotatable bonds is 6. The number of imide groups is 2.